The molecule has 1 saturated heterocycles. The Morgan fingerprint density at radius 2 is 1.94 bits per heavy atom. The zero-order valence-corrected chi connectivity index (χ0v) is 21.0. The first-order valence-corrected chi connectivity index (χ1v) is 13.5. The van der Waals surface area contributed by atoms with Crippen molar-refractivity contribution in [3.05, 3.63) is 40.9 Å². The van der Waals surface area contributed by atoms with Gasteiger partial charge in [-0.1, -0.05) is 18.5 Å². The van der Waals surface area contributed by atoms with E-state index in [2.05, 4.69) is 45.0 Å². The minimum atomic E-state index is 0.285. The standard InChI is InChI=1S/C25H27ClN8S/c1-2-17-20(26)19-23(31-17)32-25(33-24(19)34-8-15-16(9-34)21(15)28)35-13-3-4-14-18(7-13)29-10-30-22(14)11-5-12(27)6-11/h3-4,7,10-12,15-16,21H,2,5-6,8-9,27-28H2,1H3,(H,31,32,33)/t11?,12?,15-,16+,21?. The van der Waals surface area contributed by atoms with Crippen molar-refractivity contribution in [1.29, 1.82) is 0 Å². The van der Waals surface area contributed by atoms with Crippen molar-refractivity contribution >= 4 is 51.1 Å². The number of aryl methyl sites for hydroxylation is 1. The quantitative estimate of drug-likeness (QED) is 0.349. The minimum absolute atomic E-state index is 0.285. The third-order valence-corrected chi connectivity index (χ3v) is 9.22. The fourth-order valence-corrected chi connectivity index (χ4v) is 6.91. The number of benzene rings is 1. The van der Waals surface area contributed by atoms with E-state index in [1.807, 2.05) is 0 Å². The van der Waals surface area contributed by atoms with Crippen molar-refractivity contribution < 1.29 is 0 Å². The van der Waals surface area contributed by atoms with E-state index in [0.29, 0.717) is 29.0 Å². The number of fused-ring (bicyclic) bond motifs is 3. The number of halogens is 1. The van der Waals surface area contributed by atoms with Gasteiger partial charge in [0.05, 0.1) is 21.6 Å². The number of nitrogens with zero attached hydrogens (tertiary/aromatic N) is 5. The van der Waals surface area contributed by atoms with Crippen molar-refractivity contribution in [2.45, 2.75) is 54.2 Å². The summed E-state index contributed by atoms with van der Waals surface area (Å²) in [4.78, 5) is 25.8. The van der Waals surface area contributed by atoms with Crippen LogP contribution in [0.3, 0.4) is 0 Å². The molecule has 1 aliphatic heterocycles. The molecule has 0 bridgehead atoms. The predicted octanol–water partition coefficient (Wildman–Crippen LogP) is 3.87. The second-order valence-corrected chi connectivity index (χ2v) is 11.5. The summed E-state index contributed by atoms with van der Waals surface area (Å²) in [7, 11) is 0. The zero-order valence-electron chi connectivity index (χ0n) is 19.4. The number of aromatic amines is 1. The first-order chi connectivity index (χ1) is 17.0. The molecule has 180 valence electrons. The minimum Gasteiger partial charge on any atom is -0.355 e. The van der Waals surface area contributed by atoms with Crippen LogP contribution in [0.1, 0.15) is 37.1 Å². The maximum absolute atomic E-state index is 6.77. The van der Waals surface area contributed by atoms with E-state index in [4.69, 9.17) is 33.0 Å². The van der Waals surface area contributed by atoms with Crippen molar-refractivity contribution in [2.75, 3.05) is 18.0 Å². The number of nitrogens with two attached hydrogens (primary N) is 2. The van der Waals surface area contributed by atoms with E-state index in [1.54, 1.807) is 18.1 Å². The molecule has 1 unspecified atom stereocenters. The normalized spacial score (nSPS) is 27.4. The van der Waals surface area contributed by atoms with Crippen LogP contribution < -0.4 is 16.4 Å². The van der Waals surface area contributed by atoms with Gasteiger partial charge in [0.25, 0.3) is 0 Å². The predicted molar refractivity (Wildman–Crippen MR) is 139 cm³/mol. The number of H-pyrrole nitrogens is 1. The first-order valence-electron chi connectivity index (χ1n) is 12.3. The van der Waals surface area contributed by atoms with Gasteiger partial charge in [-0.15, -0.1) is 0 Å². The molecule has 4 aromatic rings. The summed E-state index contributed by atoms with van der Waals surface area (Å²) in [6.45, 7) is 3.93. The van der Waals surface area contributed by atoms with Gasteiger partial charge in [-0.2, -0.15) is 0 Å². The van der Waals surface area contributed by atoms with Gasteiger partial charge in [-0.25, -0.2) is 19.9 Å². The molecular formula is C25H27ClN8S. The summed E-state index contributed by atoms with van der Waals surface area (Å²) in [5, 5.41) is 3.43. The van der Waals surface area contributed by atoms with Gasteiger partial charge in [0.15, 0.2) is 5.16 Å². The summed E-state index contributed by atoms with van der Waals surface area (Å²) in [5.74, 6) is 2.44. The van der Waals surface area contributed by atoms with Crippen LogP contribution in [0.4, 0.5) is 5.82 Å². The van der Waals surface area contributed by atoms with E-state index in [9.17, 15) is 0 Å². The van der Waals surface area contributed by atoms with Gasteiger partial charge < -0.3 is 21.4 Å². The van der Waals surface area contributed by atoms with E-state index >= 15 is 0 Å². The van der Waals surface area contributed by atoms with Gasteiger partial charge in [0.1, 0.15) is 17.8 Å². The van der Waals surface area contributed by atoms with Crippen molar-refractivity contribution in [1.82, 2.24) is 24.9 Å². The molecule has 1 aromatic carbocycles. The fraction of sp³-hybridized carbons (Fsp3) is 0.440. The highest BCUT2D eigenvalue weighted by Crippen LogP contribution is 2.47. The third-order valence-electron chi connectivity index (χ3n) is 7.95. The summed E-state index contributed by atoms with van der Waals surface area (Å²) < 4.78 is 0. The SMILES string of the molecule is CCc1[nH]c2nc(Sc3ccc4c(C5CC(N)C5)ncnc4c3)nc(N3C[C@@H]4C(N)[C@@H]4C3)c2c1Cl. The Balaban J connectivity index is 1.25. The van der Waals surface area contributed by atoms with Crippen LogP contribution in [0.25, 0.3) is 21.9 Å². The van der Waals surface area contributed by atoms with Gasteiger partial charge >= 0.3 is 0 Å². The largest absolute Gasteiger partial charge is 0.355 e. The lowest BCUT2D eigenvalue weighted by atomic mass is 9.77. The van der Waals surface area contributed by atoms with Crippen LogP contribution in [-0.4, -0.2) is 50.1 Å². The Bertz CT molecular complexity index is 1450. The zero-order chi connectivity index (χ0) is 23.8. The van der Waals surface area contributed by atoms with Crippen molar-refractivity contribution in [3.8, 4) is 0 Å². The molecule has 3 fully saturated rings. The smallest absolute Gasteiger partial charge is 0.196 e. The Morgan fingerprint density at radius 1 is 1.14 bits per heavy atom. The first kappa shape index (κ1) is 21.8. The monoisotopic (exact) mass is 506 g/mol. The van der Waals surface area contributed by atoms with Gasteiger partial charge in [-0.05, 0) is 61.1 Å². The average Bonchev–Trinajstić information content (AvgIpc) is 3.16. The molecule has 5 N–H and O–H groups in total. The Kier molecular flexibility index (Phi) is 5.00. The molecule has 3 aliphatic rings. The second kappa shape index (κ2) is 8.03. The van der Waals surface area contributed by atoms with Crippen LogP contribution in [0.2, 0.25) is 5.02 Å². The number of aromatic nitrogens is 5. The van der Waals surface area contributed by atoms with Crippen LogP contribution >= 0.6 is 23.4 Å². The Labute approximate surface area is 212 Å². The molecule has 0 radical (unpaired) electrons. The lowest BCUT2D eigenvalue weighted by molar-refractivity contribution is 0.347. The van der Waals surface area contributed by atoms with E-state index in [-0.39, 0.29) is 6.04 Å². The number of nitrogens with one attached hydrogen (secondary N) is 1. The highest BCUT2D eigenvalue weighted by molar-refractivity contribution is 7.99. The number of anilines is 1. The van der Waals surface area contributed by atoms with Crippen LogP contribution in [-0.2, 0) is 6.42 Å². The molecule has 10 heteroatoms. The maximum Gasteiger partial charge on any atom is 0.196 e. The molecule has 2 saturated carbocycles. The van der Waals surface area contributed by atoms with E-state index in [1.165, 1.54) is 0 Å². The number of hydrogen-bond donors (Lipinski definition) is 3. The lowest BCUT2D eigenvalue weighted by Crippen LogP contribution is -2.35. The van der Waals surface area contributed by atoms with Crippen LogP contribution in [0.15, 0.2) is 34.6 Å². The summed E-state index contributed by atoms with van der Waals surface area (Å²) in [6, 6.07) is 6.93. The third kappa shape index (κ3) is 3.51. The fourth-order valence-electron chi connectivity index (χ4n) is 5.77. The van der Waals surface area contributed by atoms with Gasteiger partial charge in [0, 0.05) is 47.1 Å². The second-order valence-electron chi connectivity index (χ2n) is 10.1. The van der Waals surface area contributed by atoms with Crippen molar-refractivity contribution in [3.63, 3.8) is 0 Å². The summed E-state index contributed by atoms with van der Waals surface area (Å²) in [6.07, 6.45) is 4.45. The van der Waals surface area contributed by atoms with Crippen LogP contribution in [0.5, 0.6) is 0 Å². The van der Waals surface area contributed by atoms with E-state index in [0.717, 1.165) is 81.4 Å². The molecule has 7 rings (SSSR count). The highest BCUT2D eigenvalue weighted by Gasteiger charge is 2.54. The molecule has 3 atom stereocenters. The molecule has 2 aliphatic carbocycles. The molecular weight excluding hydrogens is 480 g/mol. The maximum atomic E-state index is 6.77. The molecule has 35 heavy (non-hydrogen) atoms. The molecule has 4 heterocycles. The molecule has 0 spiro atoms. The highest BCUT2D eigenvalue weighted by atomic mass is 35.5. The number of rotatable bonds is 5. The summed E-state index contributed by atoms with van der Waals surface area (Å²) in [5.41, 5.74) is 16.0. The number of piperidine rings is 1. The van der Waals surface area contributed by atoms with Crippen molar-refractivity contribution in [2.24, 2.45) is 23.3 Å². The topological polar surface area (TPSA) is 123 Å². The summed E-state index contributed by atoms with van der Waals surface area (Å²) >= 11 is 8.31. The van der Waals surface area contributed by atoms with Crippen LogP contribution in [0, 0.1) is 11.8 Å². The Morgan fingerprint density at radius 3 is 2.69 bits per heavy atom. The molecule has 8 nitrogen and oxygen atoms in total. The molecule has 3 aromatic heterocycles. The van der Waals surface area contributed by atoms with Gasteiger partial charge in [-0.3, -0.25) is 0 Å². The lowest BCUT2D eigenvalue weighted by Gasteiger charge is -2.32. The number of hydrogen-bond acceptors (Lipinski definition) is 8. The van der Waals surface area contributed by atoms with E-state index < -0.39 is 0 Å². The Hall–Kier alpha value is -2.46. The average molecular weight is 507 g/mol. The molecule has 0 amide bonds. The van der Waals surface area contributed by atoms with Gasteiger partial charge in [0.2, 0.25) is 0 Å².